The molecule has 5 unspecified atom stereocenters. The molecule has 5 atom stereocenters. The van der Waals surface area contributed by atoms with Crippen LogP contribution in [0.15, 0.2) is 0 Å². The van der Waals surface area contributed by atoms with Crippen molar-refractivity contribution in [2.75, 3.05) is 26.3 Å². The van der Waals surface area contributed by atoms with Gasteiger partial charge in [-0.25, -0.2) is 0 Å². The van der Waals surface area contributed by atoms with Gasteiger partial charge in [-0.1, -0.05) is 20.3 Å². The molecule has 4 rings (SSSR count). The Bertz CT molecular complexity index is 503. The standard InChI is InChI=1S/C20H36N4O3/c1-13(2)20(25)24-9-6-14(7-10-24)18-22-19(27-23-18)17-5-3-4-16(21-17)15-8-11-26-12-15/h13-19,21-23H,3-12H2,1-2H3. The van der Waals surface area contributed by atoms with Crippen molar-refractivity contribution in [2.45, 2.75) is 76.8 Å². The highest BCUT2D eigenvalue weighted by molar-refractivity contribution is 5.78. The van der Waals surface area contributed by atoms with Gasteiger partial charge >= 0.3 is 0 Å². The molecule has 0 spiro atoms. The van der Waals surface area contributed by atoms with Crippen molar-refractivity contribution in [3.63, 3.8) is 0 Å². The first-order valence-corrected chi connectivity index (χ1v) is 10.9. The summed E-state index contributed by atoms with van der Waals surface area (Å²) in [5.41, 5.74) is 3.25. The summed E-state index contributed by atoms with van der Waals surface area (Å²) in [4.78, 5) is 20.1. The second-order valence-corrected chi connectivity index (χ2v) is 9.05. The van der Waals surface area contributed by atoms with Crippen LogP contribution in [0.5, 0.6) is 0 Å². The zero-order valence-electron chi connectivity index (χ0n) is 16.8. The Labute approximate surface area is 162 Å². The van der Waals surface area contributed by atoms with Gasteiger partial charge in [-0.3, -0.25) is 14.9 Å². The lowest BCUT2D eigenvalue weighted by atomic mass is 9.88. The van der Waals surface area contributed by atoms with Crippen LogP contribution in [-0.4, -0.2) is 61.6 Å². The van der Waals surface area contributed by atoms with Gasteiger partial charge in [0.25, 0.3) is 0 Å². The Morgan fingerprint density at radius 3 is 2.48 bits per heavy atom. The van der Waals surface area contributed by atoms with Crippen LogP contribution in [0.1, 0.15) is 52.4 Å². The van der Waals surface area contributed by atoms with E-state index >= 15 is 0 Å². The minimum atomic E-state index is 0.0236. The molecule has 154 valence electrons. The largest absolute Gasteiger partial charge is 0.381 e. The summed E-state index contributed by atoms with van der Waals surface area (Å²) >= 11 is 0. The van der Waals surface area contributed by atoms with Crippen LogP contribution in [0.4, 0.5) is 0 Å². The van der Waals surface area contributed by atoms with Crippen molar-refractivity contribution in [3.05, 3.63) is 0 Å². The summed E-state index contributed by atoms with van der Waals surface area (Å²) in [5, 5.41) is 7.51. The third kappa shape index (κ3) is 4.48. The zero-order chi connectivity index (χ0) is 18.8. The van der Waals surface area contributed by atoms with Gasteiger partial charge in [0.2, 0.25) is 5.91 Å². The number of hydrogen-bond donors (Lipinski definition) is 3. The summed E-state index contributed by atoms with van der Waals surface area (Å²) in [5.74, 6) is 1.53. The maximum Gasteiger partial charge on any atom is 0.225 e. The van der Waals surface area contributed by atoms with Crippen LogP contribution < -0.4 is 16.1 Å². The maximum absolute atomic E-state index is 12.2. The fourth-order valence-corrected chi connectivity index (χ4v) is 5.12. The Balaban J connectivity index is 1.25. The van der Waals surface area contributed by atoms with E-state index in [1.165, 1.54) is 19.3 Å². The van der Waals surface area contributed by atoms with Crippen molar-refractivity contribution >= 4 is 5.91 Å². The molecule has 4 aliphatic rings. The van der Waals surface area contributed by atoms with Crippen LogP contribution in [-0.2, 0) is 14.4 Å². The second kappa shape index (κ2) is 8.74. The van der Waals surface area contributed by atoms with E-state index < -0.39 is 0 Å². The summed E-state index contributed by atoms with van der Waals surface area (Å²) in [6, 6.07) is 0.908. The molecule has 0 saturated carbocycles. The predicted octanol–water partition coefficient (Wildman–Crippen LogP) is 1.20. The van der Waals surface area contributed by atoms with Gasteiger partial charge in [0.1, 0.15) is 6.23 Å². The van der Waals surface area contributed by atoms with Crippen molar-refractivity contribution in [3.8, 4) is 0 Å². The number of carbonyl (C=O) groups excluding carboxylic acids is 1. The molecule has 0 bridgehead atoms. The Morgan fingerprint density at radius 2 is 1.78 bits per heavy atom. The van der Waals surface area contributed by atoms with E-state index in [1.54, 1.807) is 0 Å². The van der Waals surface area contributed by atoms with E-state index in [4.69, 9.17) is 9.57 Å². The second-order valence-electron chi connectivity index (χ2n) is 9.05. The van der Waals surface area contributed by atoms with Gasteiger partial charge in [0.15, 0.2) is 0 Å². The molecule has 0 aromatic carbocycles. The number of nitrogens with one attached hydrogen (secondary N) is 3. The molecular formula is C20H36N4O3. The van der Waals surface area contributed by atoms with Gasteiger partial charge in [-0.2, -0.15) is 5.48 Å². The van der Waals surface area contributed by atoms with E-state index in [2.05, 4.69) is 16.1 Å². The monoisotopic (exact) mass is 380 g/mol. The van der Waals surface area contributed by atoms with Gasteiger partial charge in [0, 0.05) is 37.7 Å². The number of amides is 1. The number of hydrogen-bond acceptors (Lipinski definition) is 6. The lowest BCUT2D eigenvalue weighted by Crippen LogP contribution is -2.56. The molecule has 4 heterocycles. The van der Waals surface area contributed by atoms with E-state index in [9.17, 15) is 4.79 Å². The van der Waals surface area contributed by atoms with Crippen LogP contribution in [0.3, 0.4) is 0 Å². The van der Waals surface area contributed by atoms with E-state index in [-0.39, 0.29) is 24.2 Å². The average molecular weight is 381 g/mol. The fraction of sp³-hybridized carbons (Fsp3) is 0.950. The molecule has 0 aliphatic carbocycles. The number of rotatable bonds is 4. The summed E-state index contributed by atoms with van der Waals surface area (Å²) in [6.45, 7) is 7.49. The van der Waals surface area contributed by atoms with Gasteiger partial charge in [0.05, 0.1) is 12.8 Å². The third-order valence-electron chi connectivity index (χ3n) is 6.84. The summed E-state index contributed by atoms with van der Waals surface area (Å²) < 4.78 is 5.58. The highest BCUT2D eigenvalue weighted by atomic mass is 16.7. The minimum Gasteiger partial charge on any atom is -0.381 e. The first-order chi connectivity index (χ1) is 13.1. The maximum atomic E-state index is 12.2. The predicted molar refractivity (Wildman–Crippen MR) is 103 cm³/mol. The molecule has 0 radical (unpaired) electrons. The normalized spacial score (nSPS) is 38.6. The number of carbonyl (C=O) groups is 1. The fourth-order valence-electron chi connectivity index (χ4n) is 5.12. The Morgan fingerprint density at radius 1 is 1.00 bits per heavy atom. The van der Waals surface area contributed by atoms with E-state index in [1.807, 2.05) is 18.7 Å². The molecule has 0 aromatic heterocycles. The highest BCUT2D eigenvalue weighted by Gasteiger charge is 2.40. The van der Waals surface area contributed by atoms with Gasteiger partial charge in [-0.15, -0.1) is 0 Å². The third-order valence-corrected chi connectivity index (χ3v) is 6.84. The number of piperidine rings is 2. The van der Waals surface area contributed by atoms with E-state index in [0.717, 1.165) is 45.6 Å². The number of hydroxylamine groups is 1. The molecule has 7 nitrogen and oxygen atoms in total. The van der Waals surface area contributed by atoms with Crippen LogP contribution in [0.2, 0.25) is 0 Å². The number of nitrogens with zero attached hydrogens (tertiary/aromatic N) is 1. The van der Waals surface area contributed by atoms with Crippen molar-refractivity contribution in [1.29, 1.82) is 0 Å². The number of ether oxygens (including phenoxy) is 1. The molecule has 4 aliphatic heterocycles. The van der Waals surface area contributed by atoms with Gasteiger partial charge in [-0.05, 0) is 43.9 Å². The minimum absolute atomic E-state index is 0.0236. The van der Waals surface area contributed by atoms with Crippen LogP contribution in [0.25, 0.3) is 0 Å². The lowest BCUT2D eigenvalue weighted by molar-refractivity contribution is -0.136. The number of likely N-dealkylation sites (tertiary alicyclic amines) is 1. The highest BCUT2D eigenvalue weighted by Crippen LogP contribution is 2.28. The molecule has 27 heavy (non-hydrogen) atoms. The van der Waals surface area contributed by atoms with Crippen molar-refractivity contribution in [2.24, 2.45) is 17.8 Å². The van der Waals surface area contributed by atoms with Crippen LogP contribution in [0, 0.1) is 17.8 Å². The molecule has 1 amide bonds. The molecule has 4 saturated heterocycles. The van der Waals surface area contributed by atoms with Crippen molar-refractivity contribution in [1.82, 2.24) is 21.0 Å². The molecule has 0 aromatic rings. The first kappa shape index (κ1) is 19.6. The van der Waals surface area contributed by atoms with Crippen LogP contribution >= 0.6 is 0 Å². The molecular weight excluding hydrogens is 344 g/mol. The van der Waals surface area contributed by atoms with Gasteiger partial charge < -0.3 is 15.0 Å². The molecule has 7 heteroatoms. The van der Waals surface area contributed by atoms with E-state index in [0.29, 0.717) is 23.9 Å². The zero-order valence-corrected chi connectivity index (χ0v) is 16.8. The van der Waals surface area contributed by atoms with Crippen molar-refractivity contribution < 1.29 is 14.4 Å². The first-order valence-electron chi connectivity index (χ1n) is 10.9. The Hall–Kier alpha value is -0.730. The molecule has 4 fully saturated rings. The smallest absolute Gasteiger partial charge is 0.225 e. The summed E-state index contributed by atoms with van der Waals surface area (Å²) in [6.07, 6.45) is 7.09. The summed E-state index contributed by atoms with van der Waals surface area (Å²) in [7, 11) is 0. The Kier molecular flexibility index (Phi) is 6.34. The average Bonchev–Trinajstić information content (AvgIpc) is 3.40. The SMILES string of the molecule is CC(C)C(=O)N1CCC(C2NOC(C3CCCC(C4CCOC4)N3)N2)CC1. The lowest BCUT2D eigenvalue weighted by Gasteiger charge is -2.37. The quantitative estimate of drug-likeness (QED) is 0.681. The topological polar surface area (TPSA) is 74.9 Å². The molecule has 3 N–H and O–H groups in total.